The highest BCUT2D eigenvalue weighted by atomic mass is 35.5. The monoisotopic (exact) mass is 496 g/mol. The van der Waals surface area contributed by atoms with Gasteiger partial charge in [-0.1, -0.05) is 77.8 Å². The second-order valence-corrected chi connectivity index (χ2v) is 9.23. The van der Waals surface area contributed by atoms with E-state index < -0.39 is 6.04 Å². The molecule has 0 fully saturated rings. The molecule has 0 aromatic heterocycles. The fourth-order valence-corrected chi connectivity index (χ4v) is 4.41. The molecule has 0 saturated heterocycles. The first-order valence-corrected chi connectivity index (χ1v) is 12.2. The lowest BCUT2D eigenvalue weighted by Crippen LogP contribution is -2.51. The molecule has 0 heterocycles. The van der Waals surface area contributed by atoms with Gasteiger partial charge in [-0.3, -0.25) is 9.59 Å². The summed E-state index contributed by atoms with van der Waals surface area (Å²) in [7, 11) is 0. The molecule has 0 radical (unpaired) electrons. The second kappa shape index (κ2) is 12.0. The van der Waals surface area contributed by atoms with Gasteiger partial charge in [-0.05, 0) is 55.2 Å². The van der Waals surface area contributed by atoms with E-state index in [1.165, 1.54) is 5.56 Å². The average Bonchev–Trinajstić information content (AvgIpc) is 2.81. The summed E-state index contributed by atoms with van der Waals surface area (Å²) in [5.74, 6) is -0.366. The van der Waals surface area contributed by atoms with E-state index in [-0.39, 0.29) is 24.8 Å². The maximum Gasteiger partial charge on any atom is 0.243 e. The van der Waals surface area contributed by atoms with Crippen molar-refractivity contribution < 1.29 is 9.59 Å². The smallest absolute Gasteiger partial charge is 0.243 e. The van der Waals surface area contributed by atoms with E-state index in [4.69, 9.17) is 23.2 Å². The van der Waals surface area contributed by atoms with Crippen LogP contribution >= 0.6 is 23.2 Å². The first kappa shape index (κ1) is 25.8. The van der Waals surface area contributed by atoms with Crippen molar-refractivity contribution in [2.45, 2.75) is 46.2 Å². The number of amides is 2. The molecule has 0 saturated carbocycles. The van der Waals surface area contributed by atoms with Crippen LogP contribution in [-0.4, -0.2) is 29.3 Å². The molecule has 0 bridgehead atoms. The van der Waals surface area contributed by atoms with E-state index in [2.05, 4.69) is 5.32 Å². The number of nitrogens with one attached hydrogen (secondary N) is 1. The number of hydrogen-bond acceptors (Lipinski definition) is 2. The number of carbonyl (C=O) groups excluding carboxylic acids is 2. The van der Waals surface area contributed by atoms with Crippen LogP contribution in [0.25, 0.3) is 0 Å². The summed E-state index contributed by atoms with van der Waals surface area (Å²) in [6.07, 6.45) is 0.557. The largest absolute Gasteiger partial charge is 0.355 e. The number of benzene rings is 3. The minimum Gasteiger partial charge on any atom is -0.355 e. The molecule has 0 spiro atoms. The van der Waals surface area contributed by atoms with Crippen LogP contribution in [0.5, 0.6) is 0 Å². The van der Waals surface area contributed by atoms with E-state index in [1.807, 2.05) is 69.3 Å². The summed E-state index contributed by atoms with van der Waals surface area (Å²) in [6.45, 7) is 6.53. The molecule has 3 aromatic rings. The molecule has 0 unspecified atom stereocenters. The Morgan fingerprint density at radius 1 is 0.882 bits per heavy atom. The number of hydrogen-bond donors (Lipinski definition) is 1. The number of carbonyl (C=O) groups is 2. The van der Waals surface area contributed by atoms with Crippen molar-refractivity contribution in [3.63, 3.8) is 0 Å². The lowest BCUT2D eigenvalue weighted by atomic mass is 10.00. The normalized spacial score (nSPS) is 11.7. The van der Waals surface area contributed by atoms with E-state index >= 15 is 0 Å². The van der Waals surface area contributed by atoms with Crippen molar-refractivity contribution in [2.24, 2.45) is 0 Å². The molecule has 3 aromatic carbocycles. The van der Waals surface area contributed by atoms with Crippen molar-refractivity contribution >= 4 is 35.0 Å². The fourth-order valence-electron chi connectivity index (χ4n) is 3.89. The number of rotatable bonds is 9. The molecule has 0 aliphatic heterocycles. The van der Waals surface area contributed by atoms with Crippen LogP contribution in [0.1, 0.15) is 34.7 Å². The Morgan fingerprint density at radius 3 is 2.18 bits per heavy atom. The van der Waals surface area contributed by atoms with Crippen molar-refractivity contribution in [1.82, 2.24) is 10.2 Å². The highest BCUT2D eigenvalue weighted by molar-refractivity contribution is 6.36. The van der Waals surface area contributed by atoms with Gasteiger partial charge in [0.25, 0.3) is 0 Å². The summed E-state index contributed by atoms with van der Waals surface area (Å²) in [6, 6.07) is 20.2. The van der Waals surface area contributed by atoms with Gasteiger partial charge in [0, 0.05) is 35.1 Å². The van der Waals surface area contributed by atoms with E-state index in [1.54, 1.807) is 23.1 Å². The third kappa shape index (κ3) is 6.62. The maximum absolute atomic E-state index is 13.7. The molecule has 1 N–H and O–H groups in total. The Bertz CT molecular complexity index is 1130. The number of halogens is 2. The van der Waals surface area contributed by atoms with Crippen LogP contribution in [0, 0.1) is 13.8 Å². The second-order valence-electron chi connectivity index (χ2n) is 8.42. The first-order valence-electron chi connectivity index (χ1n) is 11.4. The van der Waals surface area contributed by atoms with Gasteiger partial charge in [-0.2, -0.15) is 0 Å². The molecule has 0 aliphatic rings. The topological polar surface area (TPSA) is 49.4 Å². The number of aryl methyl sites for hydroxylation is 2. The molecular formula is C28H30Cl2N2O2. The molecule has 34 heavy (non-hydrogen) atoms. The van der Waals surface area contributed by atoms with Gasteiger partial charge in [0.15, 0.2) is 0 Å². The SMILES string of the molecule is CCNC(=O)[C@@H](Cc1ccccc1)N(Cc1c(Cl)cccc1Cl)C(=O)Cc1ccc(C)c(C)c1. The molecule has 1 atom stereocenters. The van der Waals surface area contributed by atoms with Gasteiger partial charge < -0.3 is 10.2 Å². The minimum absolute atomic E-state index is 0.136. The quantitative estimate of drug-likeness (QED) is 0.399. The fraction of sp³-hybridized carbons (Fsp3) is 0.286. The maximum atomic E-state index is 13.7. The van der Waals surface area contributed by atoms with Crippen LogP contribution in [0.2, 0.25) is 10.0 Å². The minimum atomic E-state index is -0.714. The Morgan fingerprint density at radius 2 is 1.56 bits per heavy atom. The van der Waals surface area contributed by atoms with Crippen LogP contribution < -0.4 is 5.32 Å². The third-order valence-electron chi connectivity index (χ3n) is 5.94. The predicted octanol–water partition coefficient (Wildman–Crippen LogP) is 5.93. The van der Waals surface area contributed by atoms with E-state index in [0.717, 1.165) is 16.7 Å². The predicted molar refractivity (Wildman–Crippen MR) is 139 cm³/mol. The zero-order chi connectivity index (χ0) is 24.7. The first-order chi connectivity index (χ1) is 16.3. The molecular weight excluding hydrogens is 467 g/mol. The Hall–Kier alpha value is -2.82. The van der Waals surface area contributed by atoms with Crippen LogP contribution in [0.4, 0.5) is 0 Å². The van der Waals surface area contributed by atoms with Gasteiger partial charge in [0.2, 0.25) is 11.8 Å². The number of likely N-dealkylation sites (N-methyl/N-ethyl adjacent to an activating group) is 1. The molecule has 4 nitrogen and oxygen atoms in total. The summed E-state index contributed by atoms with van der Waals surface area (Å²) < 4.78 is 0. The van der Waals surface area contributed by atoms with Gasteiger partial charge in [-0.25, -0.2) is 0 Å². The van der Waals surface area contributed by atoms with Crippen molar-refractivity contribution in [3.8, 4) is 0 Å². The lowest BCUT2D eigenvalue weighted by molar-refractivity contribution is -0.140. The van der Waals surface area contributed by atoms with Gasteiger partial charge in [0.05, 0.1) is 6.42 Å². The van der Waals surface area contributed by atoms with Crippen molar-refractivity contribution in [3.05, 3.63) is 105 Å². The molecule has 3 rings (SSSR count). The molecule has 178 valence electrons. The van der Waals surface area contributed by atoms with Crippen molar-refractivity contribution in [1.29, 1.82) is 0 Å². The summed E-state index contributed by atoms with van der Waals surface area (Å²) in [5.41, 5.74) is 4.78. The summed E-state index contributed by atoms with van der Waals surface area (Å²) in [4.78, 5) is 28.6. The Labute approximate surface area is 211 Å². The van der Waals surface area contributed by atoms with Crippen molar-refractivity contribution in [2.75, 3.05) is 6.54 Å². The average molecular weight is 497 g/mol. The molecule has 2 amide bonds. The van der Waals surface area contributed by atoms with Gasteiger partial charge in [0.1, 0.15) is 6.04 Å². The summed E-state index contributed by atoms with van der Waals surface area (Å²) >= 11 is 12.9. The summed E-state index contributed by atoms with van der Waals surface area (Å²) in [5, 5.41) is 3.83. The van der Waals surface area contributed by atoms with E-state index in [9.17, 15) is 9.59 Å². The zero-order valence-electron chi connectivity index (χ0n) is 19.8. The zero-order valence-corrected chi connectivity index (χ0v) is 21.3. The van der Waals surface area contributed by atoms with E-state index in [0.29, 0.717) is 28.6 Å². The number of nitrogens with zero attached hydrogens (tertiary/aromatic N) is 1. The van der Waals surface area contributed by atoms with Gasteiger partial charge >= 0.3 is 0 Å². The van der Waals surface area contributed by atoms with Gasteiger partial charge in [-0.15, -0.1) is 0 Å². The highest BCUT2D eigenvalue weighted by Gasteiger charge is 2.31. The standard InChI is InChI=1S/C28H30Cl2N2O2/c1-4-31-28(34)26(16-21-9-6-5-7-10-21)32(18-23-24(29)11-8-12-25(23)30)27(33)17-22-14-13-19(2)20(3)15-22/h5-15,26H,4,16-18H2,1-3H3,(H,31,34)/t26-/m1/s1. The van der Waals surface area contributed by atoms with Crippen LogP contribution in [0.3, 0.4) is 0 Å². The van der Waals surface area contributed by atoms with Crippen LogP contribution in [0.15, 0.2) is 66.7 Å². The lowest BCUT2D eigenvalue weighted by Gasteiger charge is -2.32. The Balaban J connectivity index is 2.01. The molecule has 6 heteroatoms. The third-order valence-corrected chi connectivity index (χ3v) is 6.65. The Kier molecular flexibility index (Phi) is 9.14. The molecule has 0 aliphatic carbocycles. The van der Waals surface area contributed by atoms with Crippen LogP contribution in [-0.2, 0) is 29.0 Å². The highest BCUT2D eigenvalue weighted by Crippen LogP contribution is 2.27.